The lowest BCUT2D eigenvalue weighted by Crippen LogP contribution is -2.33. The quantitative estimate of drug-likeness (QED) is 0.911. The van der Waals surface area contributed by atoms with Gasteiger partial charge in [0.15, 0.2) is 0 Å². The lowest BCUT2D eigenvalue weighted by molar-refractivity contribution is -0.137. The minimum atomic E-state index is -4.34. The molecule has 1 aliphatic heterocycles. The molecule has 1 aliphatic carbocycles. The number of halogens is 3. The predicted octanol–water partition coefficient (Wildman–Crippen LogP) is 2.37. The molecular weight excluding hydrogens is 281 g/mol. The molecule has 0 spiro atoms. The molecule has 0 radical (unpaired) electrons. The summed E-state index contributed by atoms with van der Waals surface area (Å²) in [5, 5.41) is 0. The number of rotatable bonds is 2. The number of alkyl halides is 3. The molecule has 1 amide bonds. The Hall–Kier alpha value is -1.56. The highest BCUT2D eigenvalue weighted by molar-refractivity contribution is 5.83. The van der Waals surface area contributed by atoms with Crippen LogP contribution in [0.25, 0.3) is 0 Å². The van der Waals surface area contributed by atoms with Crippen molar-refractivity contribution in [3.8, 4) is 0 Å². The summed E-state index contributed by atoms with van der Waals surface area (Å²) >= 11 is 0. The van der Waals surface area contributed by atoms with Crippen molar-refractivity contribution in [1.29, 1.82) is 0 Å². The molecule has 1 heterocycles. The van der Waals surface area contributed by atoms with Gasteiger partial charge in [0, 0.05) is 25.0 Å². The smallest absolute Gasteiger partial charge is 0.341 e. The summed E-state index contributed by atoms with van der Waals surface area (Å²) in [6, 6.07) is 5.32. The molecule has 1 aromatic carbocycles. The van der Waals surface area contributed by atoms with Gasteiger partial charge in [-0.05, 0) is 30.4 Å². The van der Waals surface area contributed by atoms with Crippen LogP contribution < -0.4 is 5.73 Å². The van der Waals surface area contributed by atoms with Crippen molar-refractivity contribution >= 4 is 5.91 Å². The van der Waals surface area contributed by atoms with Crippen LogP contribution in [-0.2, 0) is 11.0 Å². The van der Waals surface area contributed by atoms with E-state index in [9.17, 15) is 18.0 Å². The van der Waals surface area contributed by atoms with Gasteiger partial charge in [0.05, 0.1) is 5.56 Å². The summed E-state index contributed by atoms with van der Waals surface area (Å²) in [5.74, 6) is -0.235. The van der Waals surface area contributed by atoms with Crippen molar-refractivity contribution < 1.29 is 18.0 Å². The van der Waals surface area contributed by atoms with Gasteiger partial charge in [0.2, 0.25) is 5.91 Å². The molecule has 3 unspecified atom stereocenters. The van der Waals surface area contributed by atoms with Gasteiger partial charge in [-0.15, -0.1) is 0 Å². The Morgan fingerprint density at radius 3 is 2.71 bits per heavy atom. The first kappa shape index (κ1) is 14.4. The minimum absolute atomic E-state index is 0.0275. The summed E-state index contributed by atoms with van der Waals surface area (Å²) in [6.07, 6.45) is -2.91. The fraction of sp³-hybridized carbons (Fsp3) is 0.533. The molecule has 1 saturated carbocycles. The third-order valence-corrected chi connectivity index (χ3v) is 4.29. The first-order chi connectivity index (χ1) is 9.86. The Bertz CT molecular complexity index is 558. The Balaban J connectivity index is 1.69. The van der Waals surface area contributed by atoms with Gasteiger partial charge in [-0.3, -0.25) is 4.79 Å². The lowest BCUT2D eigenvalue weighted by Gasteiger charge is -2.15. The van der Waals surface area contributed by atoms with Crippen LogP contribution in [0.3, 0.4) is 0 Å². The normalized spacial score (nSPS) is 28.8. The summed E-state index contributed by atoms with van der Waals surface area (Å²) in [6.45, 7) is 1.22. The standard InChI is InChI=1S/C15H17F3N2O/c16-15(17,18)10-3-1-2-9(6-10)12-7-13(12)14(21)20-5-4-11(19)8-20/h1-3,6,11-13H,4-5,7-8,19H2. The molecule has 2 N–H and O–H groups in total. The highest BCUT2D eigenvalue weighted by Crippen LogP contribution is 2.49. The molecule has 114 valence electrons. The topological polar surface area (TPSA) is 46.3 Å². The van der Waals surface area contributed by atoms with E-state index in [4.69, 9.17) is 5.73 Å². The number of nitrogens with two attached hydrogens (primary N) is 1. The van der Waals surface area contributed by atoms with Gasteiger partial charge in [-0.2, -0.15) is 13.2 Å². The molecule has 6 heteroatoms. The summed E-state index contributed by atoms with van der Waals surface area (Å²) < 4.78 is 38.1. The molecular formula is C15H17F3N2O. The van der Waals surface area contributed by atoms with Crippen molar-refractivity contribution in [2.75, 3.05) is 13.1 Å². The van der Waals surface area contributed by atoms with Gasteiger partial charge in [-0.25, -0.2) is 0 Å². The number of likely N-dealkylation sites (tertiary alicyclic amines) is 1. The Morgan fingerprint density at radius 2 is 2.10 bits per heavy atom. The number of benzene rings is 1. The molecule has 0 bridgehead atoms. The van der Waals surface area contributed by atoms with E-state index >= 15 is 0 Å². The van der Waals surface area contributed by atoms with Gasteiger partial charge < -0.3 is 10.6 Å². The van der Waals surface area contributed by atoms with E-state index in [-0.39, 0.29) is 23.8 Å². The predicted molar refractivity (Wildman–Crippen MR) is 71.5 cm³/mol. The first-order valence-electron chi connectivity index (χ1n) is 7.08. The van der Waals surface area contributed by atoms with Gasteiger partial charge in [-0.1, -0.05) is 18.2 Å². The zero-order valence-electron chi connectivity index (χ0n) is 11.4. The third-order valence-electron chi connectivity index (χ3n) is 4.29. The fourth-order valence-corrected chi connectivity index (χ4v) is 3.00. The van der Waals surface area contributed by atoms with Crippen molar-refractivity contribution in [3.63, 3.8) is 0 Å². The molecule has 0 aromatic heterocycles. The highest BCUT2D eigenvalue weighted by atomic mass is 19.4. The molecule has 1 aromatic rings. The molecule has 2 aliphatic rings. The van der Waals surface area contributed by atoms with Gasteiger partial charge in [0.1, 0.15) is 0 Å². The number of carbonyl (C=O) groups excluding carboxylic acids is 1. The SMILES string of the molecule is NC1CCN(C(=O)C2CC2c2cccc(C(F)(F)F)c2)C1. The summed E-state index contributed by atoms with van der Waals surface area (Å²) in [5.41, 5.74) is 5.73. The van der Waals surface area contributed by atoms with E-state index in [0.717, 1.165) is 18.6 Å². The van der Waals surface area contributed by atoms with E-state index in [1.807, 2.05) is 0 Å². The third kappa shape index (κ3) is 2.90. The van der Waals surface area contributed by atoms with Crippen molar-refractivity contribution in [2.45, 2.75) is 31.0 Å². The number of amides is 1. The number of nitrogens with zero attached hydrogens (tertiary/aromatic N) is 1. The second-order valence-corrected chi connectivity index (χ2v) is 5.90. The van der Waals surface area contributed by atoms with Crippen LogP contribution in [0.1, 0.15) is 29.9 Å². The van der Waals surface area contributed by atoms with Crippen LogP contribution in [0.15, 0.2) is 24.3 Å². The van der Waals surface area contributed by atoms with Crippen LogP contribution in [0.4, 0.5) is 13.2 Å². The molecule has 21 heavy (non-hydrogen) atoms. The van der Waals surface area contributed by atoms with Crippen molar-refractivity contribution in [1.82, 2.24) is 4.90 Å². The maximum absolute atomic E-state index is 12.7. The lowest BCUT2D eigenvalue weighted by atomic mass is 10.1. The van der Waals surface area contributed by atoms with Crippen LogP contribution >= 0.6 is 0 Å². The van der Waals surface area contributed by atoms with E-state index < -0.39 is 11.7 Å². The van der Waals surface area contributed by atoms with Crippen LogP contribution in [-0.4, -0.2) is 29.9 Å². The fourth-order valence-electron chi connectivity index (χ4n) is 3.00. The maximum Gasteiger partial charge on any atom is 0.416 e. The molecule has 3 atom stereocenters. The summed E-state index contributed by atoms with van der Waals surface area (Å²) in [7, 11) is 0. The van der Waals surface area contributed by atoms with Crippen molar-refractivity contribution in [3.05, 3.63) is 35.4 Å². The molecule has 3 nitrogen and oxygen atoms in total. The van der Waals surface area contributed by atoms with Gasteiger partial charge in [0.25, 0.3) is 0 Å². The second-order valence-electron chi connectivity index (χ2n) is 5.90. The number of hydrogen-bond donors (Lipinski definition) is 1. The average molecular weight is 298 g/mol. The summed E-state index contributed by atoms with van der Waals surface area (Å²) in [4.78, 5) is 14.0. The van der Waals surface area contributed by atoms with Crippen LogP contribution in [0.5, 0.6) is 0 Å². The first-order valence-corrected chi connectivity index (χ1v) is 7.08. The average Bonchev–Trinajstić information content (AvgIpc) is 3.12. The Labute approximate surface area is 120 Å². The zero-order chi connectivity index (χ0) is 15.2. The van der Waals surface area contributed by atoms with Gasteiger partial charge >= 0.3 is 6.18 Å². The van der Waals surface area contributed by atoms with Crippen LogP contribution in [0.2, 0.25) is 0 Å². The van der Waals surface area contributed by atoms with E-state index in [0.29, 0.717) is 25.1 Å². The van der Waals surface area contributed by atoms with E-state index in [2.05, 4.69) is 0 Å². The maximum atomic E-state index is 12.7. The van der Waals surface area contributed by atoms with E-state index in [1.54, 1.807) is 11.0 Å². The molecule has 2 fully saturated rings. The zero-order valence-corrected chi connectivity index (χ0v) is 11.4. The highest BCUT2D eigenvalue weighted by Gasteiger charge is 2.47. The Kier molecular flexibility index (Phi) is 3.43. The molecule has 1 saturated heterocycles. The molecule has 3 rings (SSSR count). The van der Waals surface area contributed by atoms with Crippen molar-refractivity contribution in [2.24, 2.45) is 11.7 Å². The largest absolute Gasteiger partial charge is 0.416 e. The monoisotopic (exact) mass is 298 g/mol. The second kappa shape index (κ2) is 5.02. The Morgan fingerprint density at radius 1 is 1.33 bits per heavy atom. The van der Waals surface area contributed by atoms with Crippen LogP contribution in [0, 0.1) is 5.92 Å². The van der Waals surface area contributed by atoms with E-state index in [1.165, 1.54) is 6.07 Å². The minimum Gasteiger partial charge on any atom is -0.341 e. The number of hydrogen-bond acceptors (Lipinski definition) is 2. The number of carbonyl (C=O) groups is 1.